The molecule has 0 spiro atoms. The Morgan fingerprint density at radius 3 is 2.41 bits per heavy atom. The second kappa shape index (κ2) is 10.8. The van der Waals surface area contributed by atoms with Gasteiger partial charge in [-0.3, -0.25) is 9.78 Å². The van der Waals surface area contributed by atoms with Gasteiger partial charge in [0.25, 0.3) is 0 Å². The van der Waals surface area contributed by atoms with Gasteiger partial charge in [0, 0.05) is 30.4 Å². The topological polar surface area (TPSA) is 78.9 Å². The third kappa shape index (κ3) is 5.75. The smallest absolute Gasteiger partial charge is 0.244 e. The second-order valence-electron chi connectivity index (χ2n) is 6.55. The molecule has 0 atom stereocenters. The molecule has 0 fully saturated rings. The highest BCUT2D eigenvalue weighted by Gasteiger charge is 2.12. The molecule has 1 N–H and O–H groups in total. The number of aromatic nitrogens is 1. The van der Waals surface area contributed by atoms with Crippen molar-refractivity contribution < 1.29 is 28.1 Å². The van der Waals surface area contributed by atoms with Crippen LogP contribution in [0.3, 0.4) is 0 Å². The number of pyridine rings is 1. The first-order valence-electron chi connectivity index (χ1n) is 9.66. The predicted molar refractivity (Wildman–Crippen MR) is 118 cm³/mol. The number of carbonyl (C=O) groups excluding carboxylic acids is 1. The van der Waals surface area contributed by atoms with Crippen LogP contribution in [0.1, 0.15) is 11.1 Å². The molecule has 0 saturated heterocycles. The monoisotopic (exact) mass is 438 g/mol. The maximum absolute atomic E-state index is 14.3. The molecule has 1 heterocycles. The molecule has 8 heteroatoms. The van der Waals surface area contributed by atoms with Gasteiger partial charge in [-0.1, -0.05) is 6.07 Å². The van der Waals surface area contributed by atoms with E-state index in [9.17, 15) is 9.18 Å². The van der Waals surface area contributed by atoms with Crippen molar-refractivity contribution in [3.8, 4) is 28.7 Å². The van der Waals surface area contributed by atoms with Gasteiger partial charge in [0.05, 0.1) is 27.5 Å². The van der Waals surface area contributed by atoms with E-state index < -0.39 is 5.82 Å². The lowest BCUT2D eigenvalue weighted by molar-refractivity contribution is -0.116. The summed E-state index contributed by atoms with van der Waals surface area (Å²) in [4.78, 5) is 16.2. The van der Waals surface area contributed by atoms with Crippen molar-refractivity contribution in [3.63, 3.8) is 0 Å². The lowest BCUT2D eigenvalue weighted by Gasteiger charge is -2.14. The van der Waals surface area contributed by atoms with Crippen molar-refractivity contribution in [1.29, 1.82) is 0 Å². The molecular formula is C24H23FN2O5. The van der Waals surface area contributed by atoms with Gasteiger partial charge < -0.3 is 24.3 Å². The number of ether oxygens (including phenoxy) is 4. The Morgan fingerprint density at radius 1 is 1.00 bits per heavy atom. The summed E-state index contributed by atoms with van der Waals surface area (Å²) in [5.74, 6) is 1.21. The van der Waals surface area contributed by atoms with Crippen LogP contribution in [0.5, 0.6) is 28.7 Å². The lowest BCUT2D eigenvalue weighted by atomic mass is 10.1. The Kier molecular flexibility index (Phi) is 7.64. The average molecular weight is 438 g/mol. The average Bonchev–Trinajstić information content (AvgIpc) is 2.82. The number of methoxy groups -OCH3 is 3. The van der Waals surface area contributed by atoms with Gasteiger partial charge in [0.1, 0.15) is 11.5 Å². The third-order valence-electron chi connectivity index (χ3n) is 4.48. The van der Waals surface area contributed by atoms with Crippen molar-refractivity contribution in [2.24, 2.45) is 0 Å². The minimum Gasteiger partial charge on any atom is -0.496 e. The van der Waals surface area contributed by atoms with Crippen molar-refractivity contribution in [2.45, 2.75) is 6.54 Å². The van der Waals surface area contributed by atoms with Gasteiger partial charge in [-0.25, -0.2) is 4.39 Å². The molecule has 0 bridgehead atoms. The molecule has 1 aromatic heterocycles. The van der Waals surface area contributed by atoms with Crippen LogP contribution in [0.2, 0.25) is 0 Å². The summed E-state index contributed by atoms with van der Waals surface area (Å²) < 4.78 is 35.7. The van der Waals surface area contributed by atoms with E-state index in [4.69, 9.17) is 18.9 Å². The zero-order valence-electron chi connectivity index (χ0n) is 17.9. The van der Waals surface area contributed by atoms with E-state index in [0.717, 1.165) is 5.56 Å². The zero-order valence-corrected chi connectivity index (χ0v) is 17.9. The minimum absolute atomic E-state index is 0.0696. The van der Waals surface area contributed by atoms with Gasteiger partial charge >= 0.3 is 0 Å². The van der Waals surface area contributed by atoms with Gasteiger partial charge in [0.2, 0.25) is 5.91 Å². The van der Waals surface area contributed by atoms with Crippen molar-refractivity contribution in [3.05, 3.63) is 77.9 Å². The largest absolute Gasteiger partial charge is 0.496 e. The number of carbonyl (C=O) groups is 1. The Balaban J connectivity index is 1.63. The first-order chi connectivity index (χ1) is 15.5. The maximum Gasteiger partial charge on any atom is 0.244 e. The SMILES string of the molecule is COc1cc(OC)c(OC)cc1CNC(=O)/C=C/c1ccc(Oc2cccnc2)c(F)c1. The summed E-state index contributed by atoms with van der Waals surface area (Å²) in [7, 11) is 4.59. The summed E-state index contributed by atoms with van der Waals surface area (Å²) in [6.07, 6.45) is 5.93. The molecule has 32 heavy (non-hydrogen) atoms. The van der Waals surface area contributed by atoms with Crippen LogP contribution >= 0.6 is 0 Å². The summed E-state index contributed by atoms with van der Waals surface area (Å²) in [6.45, 7) is 0.207. The highest BCUT2D eigenvalue weighted by Crippen LogP contribution is 2.34. The van der Waals surface area contributed by atoms with E-state index in [0.29, 0.717) is 28.6 Å². The quantitative estimate of drug-likeness (QED) is 0.500. The van der Waals surface area contributed by atoms with Gasteiger partial charge in [-0.2, -0.15) is 0 Å². The molecule has 7 nitrogen and oxygen atoms in total. The first-order valence-corrected chi connectivity index (χ1v) is 9.66. The summed E-state index contributed by atoms with van der Waals surface area (Å²) >= 11 is 0. The van der Waals surface area contributed by atoms with Crippen LogP contribution < -0.4 is 24.3 Å². The Labute approximate surface area is 185 Å². The van der Waals surface area contributed by atoms with Crippen LogP contribution in [-0.4, -0.2) is 32.2 Å². The fourth-order valence-electron chi connectivity index (χ4n) is 2.88. The van der Waals surface area contributed by atoms with E-state index in [1.807, 2.05) is 0 Å². The van der Waals surface area contributed by atoms with Crippen molar-refractivity contribution in [2.75, 3.05) is 21.3 Å². The third-order valence-corrected chi connectivity index (χ3v) is 4.48. The number of benzene rings is 2. The van der Waals surface area contributed by atoms with Gasteiger partial charge in [-0.15, -0.1) is 0 Å². The lowest BCUT2D eigenvalue weighted by Crippen LogP contribution is -2.20. The van der Waals surface area contributed by atoms with Crippen molar-refractivity contribution in [1.82, 2.24) is 10.3 Å². The molecular weight excluding hydrogens is 415 g/mol. The Hall–Kier alpha value is -4.07. The van der Waals surface area contributed by atoms with E-state index in [1.165, 1.54) is 51.8 Å². The Bertz CT molecular complexity index is 1100. The fourth-order valence-corrected chi connectivity index (χ4v) is 2.88. The molecule has 0 unspecified atom stereocenters. The second-order valence-corrected chi connectivity index (χ2v) is 6.55. The van der Waals surface area contributed by atoms with E-state index in [2.05, 4.69) is 10.3 Å². The molecule has 0 radical (unpaired) electrons. The van der Waals surface area contributed by atoms with Crippen LogP contribution in [0.15, 0.2) is 60.9 Å². The number of amides is 1. The van der Waals surface area contributed by atoms with Crippen LogP contribution in [-0.2, 0) is 11.3 Å². The Morgan fingerprint density at radius 2 is 1.75 bits per heavy atom. The summed E-state index contributed by atoms with van der Waals surface area (Å²) in [6, 6.07) is 11.2. The highest BCUT2D eigenvalue weighted by molar-refractivity contribution is 5.91. The van der Waals surface area contributed by atoms with Gasteiger partial charge in [0.15, 0.2) is 23.1 Å². The van der Waals surface area contributed by atoms with E-state index in [-0.39, 0.29) is 18.2 Å². The molecule has 0 aliphatic rings. The number of halogens is 1. The van der Waals surface area contributed by atoms with Crippen LogP contribution in [0.25, 0.3) is 6.08 Å². The number of nitrogens with zero attached hydrogens (tertiary/aromatic N) is 1. The highest BCUT2D eigenvalue weighted by atomic mass is 19.1. The summed E-state index contributed by atoms with van der Waals surface area (Å²) in [5.41, 5.74) is 1.23. The molecule has 3 rings (SSSR count). The normalized spacial score (nSPS) is 10.6. The molecule has 3 aromatic rings. The van der Waals surface area contributed by atoms with Crippen LogP contribution in [0.4, 0.5) is 4.39 Å². The first kappa shape index (κ1) is 22.6. The number of hydrogen-bond donors (Lipinski definition) is 1. The fraction of sp³-hybridized carbons (Fsp3) is 0.167. The number of nitrogens with one attached hydrogen (secondary N) is 1. The molecule has 0 aliphatic carbocycles. The minimum atomic E-state index is -0.550. The zero-order chi connectivity index (χ0) is 22.9. The number of rotatable bonds is 9. The molecule has 0 aliphatic heterocycles. The molecule has 0 saturated carbocycles. The van der Waals surface area contributed by atoms with E-state index >= 15 is 0 Å². The van der Waals surface area contributed by atoms with Crippen LogP contribution in [0, 0.1) is 5.82 Å². The molecule has 2 aromatic carbocycles. The van der Waals surface area contributed by atoms with E-state index in [1.54, 1.807) is 36.5 Å². The summed E-state index contributed by atoms with van der Waals surface area (Å²) in [5, 5.41) is 2.76. The molecule has 166 valence electrons. The standard InChI is InChI=1S/C24H23FN2O5/c1-29-21-13-23(31-3)22(30-2)12-17(21)14-27-24(28)9-7-16-6-8-20(19(25)11-16)32-18-5-4-10-26-15-18/h4-13,15H,14H2,1-3H3,(H,27,28)/b9-7+. The van der Waals surface area contributed by atoms with Gasteiger partial charge in [-0.05, 0) is 42.0 Å². The number of hydrogen-bond acceptors (Lipinski definition) is 6. The molecule has 1 amide bonds. The predicted octanol–water partition coefficient (Wildman–Crippen LogP) is 4.37. The van der Waals surface area contributed by atoms with Crippen molar-refractivity contribution >= 4 is 12.0 Å². The maximum atomic E-state index is 14.3.